The van der Waals surface area contributed by atoms with Gasteiger partial charge in [-0.25, -0.2) is 8.78 Å². The first-order chi connectivity index (χ1) is 11.0. The van der Waals surface area contributed by atoms with Crippen molar-refractivity contribution in [3.05, 3.63) is 64.7 Å². The first kappa shape index (κ1) is 16.7. The van der Waals surface area contributed by atoms with Gasteiger partial charge in [0.2, 0.25) is 0 Å². The van der Waals surface area contributed by atoms with Crippen LogP contribution in [0.1, 0.15) is 16.7 Å². The van der Waals surface area contributed by atoms with E-state index in [9.17, 15) is 17.6 Å². The molecule has 2 aromatic carbocycles. The lowest BCUT2D eigenvalue weighted by Crippen LogP contribution is -2.06. The van der Waals surface area contributed by atoms with Crippen LogP contribution in [-0.2, 0) is 0 Å². The molecule has 0 unspecified atom stereocenters. The molecule has 0 bridgehead atoms. The molecule has 0 aliphatic heterocycles. The van der Waals surface area contributed by atoms with Crippen LogP contribution in [0.3, 0.4) is 0 Å². The first-order valence-corrected chi connectivity index (χ1v) is 6.52. The van der Waals surface area contributed by atoms with Crippen LogP contribution in [0.15, 0.2) is 46.6 Å². The zero-order valence-corrected chi connectivity index (χ0v) is 12.0. The summed E-state index contributed by atoms with van der Waals surface area (Å²) in [5, 5.41) is 7.40. The van der Waals surface area contributed by atoms with E-state index in [0.717, 1.165) is 29.5 Å². The van der Waals surface area contributed by atoms with Crippen molar-refractivity contribution >= 4 is 12.4 Å². The van der Waals surface area contributed by atoms with Gasteiger partial charge in [0.1, 0.15) is 0 Å². The molecule has 120 valence electrons. The Morgan fingerprint density at radius 3 is 1.96 bits per heavy atom. The second-order valence-electron chi connectivity index (χ2n) is 4.59. The van der Waals surface area contributed by atoms with E-state index >= 15 is 0 Å². The van der Waals surface area contributed by atoms with Crippen LogP contribution < -0.4 is 4.74 Å². The van der Waals surface area contributed by atoms with Gasteiger partial charge < -0.3 is 4.74 Å². The minimum Gasteiger partial charge on any atom is -0.429 e. The van der Waals surface area contributed by atoms with E-state index in [2.05, 4.69) is 14.9 Å². The van der Waals surface area contributed by atoms with Gasteiger partial charge in [0.05, 0.1) is 12.4 Å². The summed E-state index contributed by atoms with van der Waals surface area (Å²) >= 11 is 0. The fourth-order valence-corrected chi connectivity index (χ4v) is 1.71. The number of hydrogen-bond donors (Lipinski definition) is 0. The Morgan fingerprint density at radius 2 is 1.43 bits per heavy atom. The molecule has 2 aromatic rings. The summed E-state index contributed by atoms with van der Waals surface area (Å²) in [6, 6.07) is 9.13. The van der Waals surface area contributed by atoms with Crippen molar-refractivity contribution in [3.63, 3.8) is 0 Å². The fraction of sp³-hybridized carbons (Fsp3) is 0.125. The molecule has 0 saturated carbocycles. The first-order valence-electron chi connectivity index (χ1n) is 6.52. The Labute approximate surface area is 129 Å². The van der Waals surface area contributed by atoms with Gasteiger partial charge in [-0.3, -0.25) is 0 Å². The summed E-state index contributed by atoms with van der Waals surface area (Å²) in [4.78, 5) is 0. The predicted octanol–water partition coefficient (Wildman–Crippen LogP) is 4.33. The van der Waals surface area contributed by atoms with Gasteiger partial charge in [-0.2, -0.15) is 19.0 Å². The number of hydrogen-bond acceptors (Lipinski definition) is 3. The molecular weight excluding hydrogens is 312 g/mol. The molecule has 0 saturated heterocycles. The average molecular weight is 324 g/mol. The maximum atomic E-state index is 13.5. The molecule has 23 heavy (non-hydrogen) atoms. The van der Waals surface area contributed by atoms with Crippen LogP contribution in [-0.4, -0.2) is 19.0 Å². The van der Waals surface area contributed by atoms with Crippen molar-refractivity contribution in [3.8, 4) is 5.75 Å². The minimum atomic E-state index is -3.31. The molecule has 7 heteroatoms. The van der Waals surface area contributed by atoms with Gasteiger partial charge in [0, 0.05) is 5.56 Å². The molecule has 0 aromatic heterocycles. The van der Waals surface area contributed by atoms with E-state index in [1.807, 2.05) is 31.2 Å². The highest BCUT2D eigenvalue weighted by Crippen LogP contribution is 2.24. The van der Waals surface area contributed by atoms with Gasteiger partial charge in [-0.15, -0.1) is 0 Å². The molecule has 0 atom stereocenters. The smallest absolute Gasteiger partial charge is 0.387 e. The van der Waals surface area contributed by atoms with E-state index in [-0.39, 0.29) is 5.56 Å². The van der Waals surface area contributed by atoms with Crippen LogP contribution in [0.2, 0.25) is 0 Å². The molecule has 0 fully saturated rings. The van der Waals surface area contributed by atoms with Gasteiger partial charge >= 0.3 is 6.61 Å². The normalized spacial score (nSPS) is 11.7. The number of benzene rings is 2. The van der Waals surface area contributed by atoms with Gasteiger partial charge in [-0.05, 0) is 24.6 Å². The average Bonchev–Trinajstić information content (AvgIpc) is 2.49. The van der Waals surface area contributed by atoms with Crippen LogP contribution in [0, 0.1) is 18.6 Å². The van der Waals surface area contributed by atoms with Crippen LogP contribution in [0.25, 0.3) is 0 Å². The second-order valence-corrected chi connectivity index (χ2v) is 4.59. The molecule has 0 aliphatic carbocycles. The van der Waals surface area contributed by atoms with Crippen LogP contribution in [0.4, 0.5) is 17.6 Å². The van der Waals surface area contributed by atoms with Crippen molar-refractivity contribution in [2.45, 2.75) is 13.5 Å². The zero-order valence-electron chi connectivity index (χ0n) is 12.0. The molecule has 2 rings (SSSR count). The standard InChI is InChI=1S/C16H12F4N2O/c1-10-2-4-11(5-3-10)8-21-22-9-12-6-13(17)15(14(18)7-12)23-16(19)20/h2-9,16H,1H3/b21-8+,22-9+. The molecular formula is C16H12F4N2O. The largest absolute Gasteiger partial charge is 0.429 e. The SMILES string of the molecule is Cc1ccc(/C=N/N=C/c2cc(F)c(OC(F)F)c(F)c2)cc1. The number of halogens is 4. The predicted molar refractivity (Wildman–Crippen MR) is 79.4 cm³/mol. The van der Waals surface area contributed by atoms with E-state index in [1.165, 1.54) is 6.21 Å². The summed E-state index contributed by atoms with van der Waals surface area (Å²) < 4.78 is 54.8. The molecule has 0 aliphatic rings. The van der Waals surface area contributed by atoms with Crippen molar-refractivity contribution in [1.82, 2.24) is 0 Å². The molecule has 0 radical (unpaired) electrons. The zero-order chi connectivity index (χ0) is 16.8. The van der Waals surface area contributed by atoms with E-state index in [4.69, 9.17) is 0 Å². The van der Waals surface area contributed by atoms with Crippen molar-refractivity contribution < 1.29 is 22.3 Å². The summed E-state index contributed by atoms with van der Waals surface area (Å²) in [5.74, 6) is -3.61. The highest BCUT2D eigenvalue weighted by atomic mass is 19.3. The van der Waals surface area contributed by atoms with Gasteiger partial charge in [0.25, 0.3) is 0 Å². The van der Waals surface area contributed by atoms with E-state index in [1.54, 1.807) is 0 Å². The number of alkyl halides is 2. The number of nitrogens with zero attached hydrogens (tertiary/aromatic N) is 2. The molecule has 3 nitrogen and oxygen atoms in total. The lowest BCUT2D eigenvalue weighted by molar-refractivity contribution is -0.0546. The maximum absolute atomic E-state index is 13.5. The summed E-state index contributed by atoms with van der Waals surface area (Å²) in [6.45, 7) is -1.36. The Hall–Kier alpha value is -2.70. The summed E-state index contributed by atoms with van der Waals surface area (Å²) in [6.07, 6.45) is 2.57. The second kappa shape index (κ2) is 7.53. The Balaban J connectivity index is 2.09. The molecule has 0 heterocycles. The molecule has 0 N–H and O–H groups in total. The van der Waals surface area contributed by atoms with Gasteiger partial charge in [-0.1, -0.05) is 29.8 Å². The Bertz CT molecular complexity index is 704. The lowest BCUT2D eigenvalue weighted by atomic mass is 10.2. The topological polar surface area (TPSA) is 34.0 Å². The van der Waals surface area contributed by atoms with Crippen molar-refractivity contribution in [1.29, 1.82) is 0 Å². The Kier molecular flexibility index (Phi) is 5.46. The van der Waals surface area contributed by atoms with Crippen molar-refractivity contribution in [2.24, 2.45) is 10.2 Å². The van der Waals surface area contributed by atoms with Crippen LogP contribution >= 0.6 is 0 Å². The summed E-state index contributed by atoms with van der Waals surface area (Å²) in [5.41, 5.74) is 1.94. The molecule has 0 spiro atoms. The highest BCUT2D eigenvalue weighted by molar-refractivity contribution is 5.82. The fourth-order valence-electron chi connectivity index (χ4n) is 1.71. The third-order valence-electron chi connectivity index (χ3n) is 2.79. The minimum absolute atomic E-state index is 0.0303. The van der Waals surface area contributed by atoms with E-state index < -0.39 is 24.0 Å². The quantitative estimate of drug-likeness (QED) is 0.458. The summed E-state index contributed by atoms with van der Waals surface area (Å²) in [7, 11) is 0. The Morgan fingerprint density at radius 1 is 0.913 bits per heavy atom. The van der Waals surface area contributed by atoms with E-state index in [0.29, 0.717) is 0 Å². The number of ether oxygens (including phenoxy) is 1. The number of aryl methyl sites for hydroxylation is 1. The third kappa shape index (κ3) is 4.91. The number of rotatable bonds is 5. The maximum Gasteiger partial charge on any atom is 0.387 e. The monoisotopic (exact) mass is 324 g/mol. The highest BCUT2D eigenvalue weighted by Gasteiger charge is 2.16. The third-order valence-corrected chi connectivity index (χ3v) is 2.79. The van der Waals surface area contributed by atoms with Gasteiger partial charge in [0.15, 0.2) is 17.4 Å². The van der Waals surface area contributed by atoms with Crippen LogP contribution in [0.5, 0.6) is 5.75 Å². The molecule has 0 amide bonds. The van der Waals surface area contributed by atoms with Crippen molar-refractivity contribution in [2.75, 3.05) is 0 Å². The lowest BCUT2D eigenvalue weighted by Gasteiger charge is -2.07.